The van der Waals surface area contributed by atoms with Crippen LogP contribution >= 0.6 is 0 Å². The molecule has 0 aliphatic carbocycles. The van der Waals surface area contributed by atoms with Crippen LogP contribution in [0.3, 0.4) is 0 Å². The van der Waals surface area contributed by atoms with E-state index in [-0.39, 0.29) is 19.4 Å². The van der Waals surface area contributed by atoms with Crippen LogP contribution in [0.4, 0.5) is 13.6 Å². The topological polar surface area (TPSA) is 160 Å². The maximum Gasteiger partial charge on any atom is 0.418 e. The first-order chi connectivity index (χ1) is 10.4. The fourth-order valence-electron chi connectivity index (χ4n) is 2.39. The van der Waals surface area contributed by atoms with Gasteiger partial charge in [-0.3, -0.25) is 4.55 Å². The average Bonchev–Trinajstić information content (AvgIpc) is 2.62. The Bertz CT molecular complexity index is 738. The van der Waals surface area contributed by atoms with Crippen LogP contribution in [-0.2, 0) is 24.7 Å². The van der Waals surface area contributed by atoms with E-state index in [1.807, 2.05) is 0 Å². The molecule has 2 fully saturated rings. The Morgan fingerprint density at radius 2 is 1.96 bits per heavy atom. The van der Waals surface area contributed by atoms with Gasteiger partial charge in [0.2, 0.25) is 0 Å². The zero-order chi connectivity index (χ0) is 17.6. The van der Waals surface area contributed by atoms with Crippen molar-refractivity contribution in [2.45, 2.75) is 30.7 Å². The van der Waals surface area contributed by atoms with Gasteiger partial charge in [-0.05, 0) is 12.8 Å². The van der Waals surface area contributed by atoms with E-state index in [4.69, 9.17) is 10.3 Å². The third kappa shape index (κ3) is 3.67. The molecule has 0 saturated carbocycles. The van der Waals surface area contributed by atoms with Crippen molar-refractivity contribution in [1.29, 1.82) is 0 Å². The molecule has 2 amide bonds. The van der Waals surface area contributed by atoms with Crippen LogP contribution < -0.4 is 5.73 Å². The lowest BCUT2D eigenvalue weighted by molar-refractivity contribution is -0.0316. The van der Waals surface area contributed by atoms with Crippen LogP contribution in [0.2, 0.25) is 0 Å². The molecule has 2 rings (SSSR count). The van der Waals surface area contributed by atoms with Crippen molar-refractivity contribution in [3.8, 4) is 0 Å². The summed E-state index contributed by atoms with van der Waals surface area (Å²) < 4.78 is 83.7. The molecule has 0 spiro atoms. The molecule has 3 N–H and O–H groups in total. The number of carbonyl (C=O) groups excluding carboxylic acids is 1. The molecule has 132 valence electrons. The third-order valence-corrected chi connectivity index (χ3v) is 4.56. The van der Waals surface area contributed by atoms with Crippen molar-refractivity contribution in [3.05, 3.63) is 0 Å². The molecule has 2 aliphatic heterocycles. The van der Waals surface area contributed by atoms with E-state index in [9.17, 15) is 30.4 Å². The number of rotatable bonds is 5. The number of piperidine rings is 1. The van der Waals surface area contributed by atoms with Crippen LogP contribution in [0.15, 0.2) is 4.40 Å². The molecule has 2 heterocycles. The molecule has 0 radical (unpaired) electrons. The highest BCUT2D eigenvalue weighted by Gasteiger charge is 2.48. The number of amides is 2. The Labute approximate surface area is 129 Å². The van der Waals surface area contributed by atoms with Gasteiger partial charge in [-0.1, -0.05) is 0 Å². The maximum absolute atomic E-state index is 12.3. The molecular weight excluding hydrogens is 366 g/mol. The van der Waals surface area contributed by atoms with Crippen molar-refractivity contribution in [1.82, 2.24) is 9.96 Å². The number of amidine groups is 1. The first-order valence-corrected chi connectivity index (χ1v) is 8.93. The van der Waals surface area contributed by atoms with Gasteiger partial charge < -0.3 is 10.6 Å². The van der Waals surface area contributed by atoms with E-state index >= 15 is 0 Å². The number of hydrogen-bond acceptors (Lipinski definition) is 6. The van der Waals surface area contributed by atoms with Gasteiger partial charge in [0.1, 0.15) is 5.84 Å². The van der Waals surface area contributed by atoms with Gasteiger partial charge in [0.15, 0.2) is 0 Å². The number of halogens is 2. The van der Waals surface area contributed by atoms with E-state index in [2.05, 4.69) is 8.68 Å². The van der Waals surface area contributed by atoms with Gasteiger partial charge in [-0.25, -0.2) is 4.79 Å². The number of hydrogen-bond donors (Lipinski definition) is 2. The number of fused-ring (bicyclic) bond motifs is 2. The molecule has 0 aromatic rings. The highest BCUT2D eigenvalue weighted by atomic mass is 32.3. The van der Waals surface area contributed by atoms with Crippen molar-refractivity contribution < 1.29 is 39.2 Å². The van der Waals surface area contributed by atoms with Gasteiger partial charge in [0, 0.05) is 6.54 Å². The van der Waals surface area contributed by atoms with Gasteiger partial charge in [0.05, 0.1) is 12.1 Å². The molecule has 2 aliphatic rings. The zero-order valence-electron chi connectivity index (χ0n) is 11.2. The average molecular weight is 378 g/mol. The largest absolute Gasteiger partial charge is 0.418 e. The monoisotopic (exact) mass is 378 g/mol. The van der Waals surface area contributed by atoms with E-state index in [0.29, 0.717) is 5.06 Å². The summed E-state index contributed by atoms with van der Waals surface area (Å²) in [6.45, 7) is -0.0933. The highest BCUT2D eigenvalue weighted by Crippen LogP contribution is 2.31. The number of nitrogens with zero attached hydrogens (tertiary/aromatic N) is 3. The smallest absolute Gasteiger partial charge is 0.385 e. The summed E-state index contributed by atoms with van der Waals surface area (Å²) >= 11 is 0. The maximum atomic E-state index is 12.3. The van der Waals surface area contributed by atoms with Gasteiger partial charge in [0.25, 0.3) is 0 Å². The van der Waals surface area contributed by atoms with Crippen LogP contribution in [0.1, 0.15) is 12.8 Å². The van der Waals surface area contributed by atoms with Gasteiger partial charge >= 0.3 is 32.2 Å². The van der Waals surface area contributed by atoms with Crippen LogP contribution in [0.5, 0.6) is 0 Å². The molecule has 23 heavy (non-hydrogen) atoms. The fraction of sp³-hybridized carbons (Fsp3) is 0.750. The molecule has 0 aromatic carbocycles. The summed E-state index contributed by atoms with van der Waals surface area (Å²) in [5.41, 5.74) is 5.41. The SMILES string of the molecule is NC(=NS(=O)(=O)C(F)F)[C@@H]1CC[C@@H]2CN1C(=O)N2OS(=O)(=O)O. The van der Waals surface area contributed by atoms with E-state index in [1.165, 1.54) is 0 Å². The standard InChI is InChI=1S/C8H12F2N4O7S2/c9-7(10)22(16,17)12-6(11)5-2-1-4-3-13(5)8(15)14(4)21-23(18,19)20/h4-5,7H,1-3H2,(H2,11,12)(H,18,19,20)/t4-,5+/m1/s1. The molecule has 0 aromatic heterocycles. The summed E-state index contributed by atoms with van der Waals surface area (Å²) in [5, 5.41) is 0.407. The number of sulfonamides is 1. The number of urea groups is 1. The number of alkyl halides is 2. The normalized spacial score (nSPS) is 26.3. The minimum Gasteiger partial charge on any atom is -0.385 e. The zero-order valence-corrected chi connectivity index (χ0v) is 12.9. The van der Waals surface area contributed by atoms with Crippen LogP contribution in [0.25, 0.3) is 0 Å². The van der Waals surface area contributed by atoms with Gasteiger partial charge in [-0.15, -0.1) is 8.68 Å². The number of nitrogens with two attached hydrogens (primary N) is 1. The molecular formula is C8H12F2N4O7S2. The molecule has 15 heteroatoms. The number of hydroxylamine groups is 2. The Balaban J connectivity index is 2.24. The predicted molar refractivity (Wildman–Crippen MR) is 69.9 cm³/mol. The Morgan fingerprint density at radius 1 is 1.35 bits per heavy atom. The molecule has 2 bridgehead atoms. The Hall–Kier alpha value is -1.58. The molecule has 0 unspecified atom stereocenters. The third-order valence-electron chi connectivity index (χ3n) is 3.30. The molecule has 11 nitrogen and oxygen atoms in total. The van der Waals surface area contributed by atoms with E-state index < -0.39 is 50.1 Å². The summed E-state index contributed by atoms with van der Waals surface area (Å²) in [7, 11) is -10.0. The van der Waals surface area contributed by atoms with Crippen LogP contribution in [0, 0.1) is 0 Å². The predicted octanol–water partition coefficient (Wildman–Crippen LogP) is -1.10. The Morgan fingerprint density at radius 3 is 2.48 bits per heavy atom. The summed E-state index contributed by atoms with van der Waals surface area (Å²) in [5.74, 6) is -4.48. The minimum absolute atomic E-state index is 0.0514. The second-order valence-electron chi connectivity index (χ2n) is 4.80. The second kappa shape index (κ2) is 5.81. The van der Waals surface area contributed by atoms with Crippen LogP contribution in [-0.4, -0.2) is 67.6 Å². The van der Waals surface area contributed by atoms with E-state index in [1.54, 1.807) is 0 Å². The fourth-order valence-corrected chi connectivity index (χ4v) is 3.27. The Kier molecular flexibility index (Phi) is 4.49. The summed E-state index contributed by atoms with van der Waals surface area (Å²) in [6, 6.07) is -2.84. The lowest BCUT2D eigenvalue weighted by atomic mass is 10.0. The lowest BCUT2D eigenvalue weighted by Crippen LogP contribution is -2.48. The van der Waals surface area contributed by atoms with Crippen molar-refractivity contribution in [2.24, 2.45) is 10.1 Å². The number of carbonyl (C=O) groups is 1. The molecule has 2 atom stereocenters. The quantitative estimate of drug-likeness (QED) is 0.346. The summed E-state index contributed by atoms with van der Waals surface area (Å²) in [6.07, 6.45) is 0.184. The van der Waals surface area contributed by atoms with Crippen molar-refractivity contribution in [2.75, 3.05) is 6.54 Å². The van der Waals surface area contributed by atoms with Gasteiger partial charge in [-0.2, -0.15) is 30.7 Å². The minimum atomic E-state index is -5.11. The molecule has 2 saturated heterocycles. The van der Waals surface area contributed by atoms with Crippen molar-refractivity contribution in [3.63, 3.8) is 0 Å². The first kappa shape index (κ1) is 17.8. The lowest BCUT2D eigenvalue weighted by Gasteiger charge is -2.29. The summed E-state index contributed by atoms with van der Waals surface area (Å²) in [4.78, 5) is 13.0. The first-order valence-electron chi connectivity index (χ1n) is 6.06. The van der Waals surface area contributed by atoms with Crippen molar-refractivity contribution >= 4 is 32.3 Å². The second-order valence-corrected chi connectivity index (χ2v) is 7.38. The van der Waals surface area contributed by atoms with E-state index in [0.717, 1.165) is 4.90 Å². The highest BCUT2D eigenvalue weighted by molar-refractivity contribution is 7.90.